The van der Waals surface area contributed by atoms with E-state index in [1.54, 1.807) is 6.92 Å². The number of carbonyl (C=O) groups is 1. The molecule has 21 heavy (non-hydrogen) atoms. The molecule has 0 aliphatic carbocycles. The monoisotopic (exact) mass is 319 g/mol. The highest BCUT2D eigenvalue weighted by atomic mass is 32.2. The SMILES string of the molecule is CCS(=O)(=O)N1CCC(NC(=O)CCC(C)CCN)CC1. The Hall–Kier alpha value is -0.660. The number of nitrogens with zero attached hydrogens (tertiary/aromatic N) is 1. The van der Waals surface area contributed by atoms with Crippen LogP contribution >= 0.6 is 0 Å². The lowest BCUT2D eigenvalue weighted by Crippen LogP contribution is -2.46. The lowest BCUT2D eigenvalue weighted by molar-refractivity contribution is -0.122. The van der Waals surface area contributed by atoms with Gasteiger partial charge in [-0.3, -0.25) is 4.79 Å². The quantitative estimate of drug-likeness (QED) is 0.688. The minimum atomic E-state index is -3.09. The van der Waals surface area contributed by atoms with E-state index in [1.807, 2.05) is 0 Å². The molecule has 6 nitrogen and oxygen atoms in total. The van der Waals surface area contributed by atoms with Crippen LogP contribution in [0, 0.1) is 5.92 Å². The Bertz CT molecular complexity index is 417. The summed E-state index contributed by atoms with van der Waals surface area (Å²) in [6.45, 7) is 5.43. The summed E-state index contributed by atoms with van der Waals surface area (Å²) in [5.74, 6) is 0.677. The molecule has 1 saturated heterocycles. The summed E-state index contributed by atoms with van der Waals surface area (Å²) in [5.41, 5.74) is 5.49. The van der Waals surface area contributed by atoms with Gasteiger partial charge in [0.05, 0.1) is 5.75 Å². The number of rotatable bonds is 8. The summed E-state index contributed by atoms with van der Waals surface area (Å²) in [6.07, 6.45) is 3.72. The first-order valence-electron chi connectivity index (χ1n) is 7.86. The number of piperidine rings is 1. The van der Waals surface area contributed by atoms with Crippen LogP contribution in [0.15, 0.2) is 0 Å². The Kier molecular flexibility index (Phi) is 7.62. The topological polar surface area (TPSA) is 92.5 Å². The molecule has 0 aromatic rings. The number of nitrogens with one attached hydrogen (secondary N) is 1. The lowest BCUT2D eigenvalue weighted by Gasteiger charge is -2.31. The number of amides is 1. The summed E-state index contributed by atoms with van der Waals surface area (Å²) in [5, 5.41) is 3.01. The number of sulfonamides is 1. The normalized spacial score (nSPS) is 19.4. The molecule has 0 aromatic heterocycles. The molecule has 0 radical (unpaired) electrons. The van der Waals surface area contributed by atoms with E-state index in [9.17, 15) is 13.2 Å². The average molecular weight is 319 g/mol. The Morgan fingerprint density at radius 1 is 1.33 bits per heavy atom. The maximum Gasteiger partial charge on any atom is 0.220 e. The second kappa shape index (κ2) is 8.70. The lowest BCUT2D eigenvalue weighted by atomic mass is 10.0. The molecule has 1 rings (SSSR count). The third kappa shape index (κ3) is 6.32. The Balaban J connectivity index is 2.28. The van der Waals surface area contributed by atoms with E-state index in [2.05, 4.69) is 12.2 Å². The molecule has 124 valence electrons. The smallest absolute Gasteiger partial charge is 0.220 e. The van der Waals surface area contributed by atoms with Crippen molar-refractivity contribution in [3.63, 3.8) is 0 Å². The van der Waals surface area contributed by atoms with E-state index in [4.69, 9.17) is 5.73 Å². The van der Waals surface area contributed by atoms with Gasteiger partial charge in [0.1, 0.15) is 0 Å². The molecular formula is C14H29N3O3S. The average Bonchev–Trinajstić information content (AvgIpc) is 2.46. The molecule has 1 unspecified atom stereocenters. The third-order valence-corrected chi connectivity index (χ3v) is 5.98. The molecule has 1 heterocycles. The molecule has 1 aliphatic rings. The number of hydrogen-bond acceptors (Lipinski definition) is 4. The van der Waals surface area contributed by atoms with Gasteiger partial charge in [0.25, 0.3) is 0 Å². The van der Waals surface area contributed by atoms with Crippen LogP contribution in [0.1, 0.15) is 46.0 Å². The Morgan fingerprint density at radius 2 is 1.95 bits per heavy atom. The van der Waals surface area contributed by atoms with Gasteiger partial charge < -0.3 is 11.1 Å². The van der Waals surface area contributed by atoms with E-state index in [0.717, 1.165) is 12.8 Å². The van der Waals surface area contributed by atoms with Crippen molar-refractivity contribution in [1.29, 1.82) is 0 Å². The van der Waals surface area contributed by atoms with Crippen molar-refractivity contribution in [2.75, 3.05) is 25.4 Å². The third-order valence-electron chi connectivity index (χ3n) is 4.10. The van der Waals surface area contributed by atoms with Crippen molar-refractivity contribution in [3.8, 4) is 0 Å². The molecule has 7 heteroatoms. The van der Waals surface area contributed by atoms with Crippen LogP contribution in [0.3, 0.4) is 0 Å². The van der Waals surface area contributed by atoms with Gasteiger partial charge in [-0.2, -0.15) is 0 Å². The summed E-state index contributed by atoms with van der Waals surface area (Å²) < 4.78 is 25.0. The van der Waals surface area contributed by atoms with Crippen molar-refractivity contribution >= 4 is 15.9 Å². The molecule has 0 saturated carbocycles. The van der Waals surface area contributed by atoms with Gasteiger partial charge in [0.15, 0.2) is 0 Å². The first-order valence-corrected chi connectivity index (χ1v) is 9.47. The second-order valence-corrected chi connectivity index (χ2v) is 8.12. The zero-order valence-electron chi connectivity index (χ0n) is 13.2. The first-order chi connectivity index (χ1) is 9.89. The maximum atomic E-state index is 11.9. The number of carbonyl (C=O) groups excluding carboxylic acids is 1. The second-order valence-electron chi connectivity index (χ2n) is 5.86. The van der Waals surface area contributed by atoms with E-state index in [1.165, 1.54) is 4.31 Å². The van der Waals surface area contributed by atoms with E-state index in [-0.39, 0.29) is 17.7 Å². The summed E-state index contributed by atoms with van der Waals surface area (Å²) in [4.78, 5) is 11.9. The van der Waals surface area contributed by atoms with Gasteiger partial charge in [-0.1, -0.05) is 6.92 Å². The molecule has 0 spiro atoms. The molecule has 1 amide bonds. The van der Waals surface area contributed by atoms with Gasteiger partial charge in [-0.25, -0.2) is 12.7 Å². The van der Waals surface area contributed by atoms with Crippen LogP contribution in [0.4, 0.5) is 0 Å². The van der Waals surface area contributed by atoms with Gasteiger partial charge in [0, 0.05) is 25.6 Å². The Morgan fingerprint density at radius 3 is 2.48 bits per heavy atom. The highest BCUT2D eigenvalue weighted by molar-refractivity contribution is 7.89. The zero-order valence-corrected chi connectivity index (χ0v) is 14.0. The summed E-state index contributed by atoms with van der Waals surface area (Å²) >= 11 is 0. The van der Waals surface area contributed by atoms with Crippen LogP contribution in [-0.2, 0) is 14.8 Å². The largest absolute Gasteiger partial charge is 0.353 e. The standard InChI is InChI=1S/C14H29N3O3S/c1-3-21(19,20)17-10-7-13(8-11-17)16-14(18)5-4-12(2)6-9-15/h12-13H,3-11,15H2,1-2H3,(H,16,18). The summed E-state index contributed by atoms with van der Waals surface area (Å²) in [6, 6.07) is 0.102. The number of nitrogens with two attached hydrogens (primary N) is 1. The van der Waals surface area contributed by atoms with Crippen LogP contribution in [0.2, 0.25) is 0 Å². The van der Waals surface area contributed by atoms with Gasteiger partial charge in [-0.05, 0) is 45.1 Å². The molecule has 0 bridgehead atoms. The molecule has 1 aliphatic heterocycles. The highest BCUT2D eigenvalue weighted by Gasteiger charge is 2.27. The first kappa shape index (κ1) is 18.4. The van der Waals surface area contributed by atoms with E-state index >= 15 is 0 Å². The van der Waals surface area contributed by atoms with Crippen LogP contribution in [-0.4, -0.2) is 50.1 Å². The molecule has 1 fully saturated rings. The fourth-order valence-electron chi connectivity index (χ4n) is 2.57. The van der Waals surface area contributed by atoms with Crippen LogP contribution in [0.25, 0.3) is 0 Å². The van der Waals surface area contributed by atoms with Crippen LogP contribution < -0.4 is 11.1 Å². The van der Waals surface area contributed by atoms with Crippen molar-refractivity contribution in [2.24, 2.45) is 11.7 Å². The highest BCUT2D eigenvalue weighted by Crippen LogP contribution is 2.15. The molecule has 1 atom stereocenters. The molecule has 3 N–H and O–H groups in total. The van der Waals surface area contributed by atoms with Gasteiger partial charge in [0.2, 0.25) is 15.9 Å². The zero-order chi connectivity index (χ0) is 15.9. The predicted molar refractivity (Wildman–Crippen MR) is 84.3 cm³/mol. The van der Waals surface area contributed by atoms with Crippen molar-refractivity contribution in [1.82, 2.24) is 9.62 Å². The molecule has 0 aromatic carbocycles. The van der Waals surface area contributed by atoms with Crippen molar-refractivity contribution in [3.05, 3.63) is 0 Å². The predicted octanol–water partition coefficient (Wildman–Crippen LogP) is 0.682. The number of hydrogen-bond donors (Lipinski definition) is 2. The maximum absolute atomic E-state index is 11.9. The summed E-state index contributed by atoms with van der Waals surface area (Å²) in [7, 11) is -3.09. The minimum absolute atomic E-state index is 0.0654. The van der Waals surface area contributed by atoms with Crippen LogP contribution in [0.5, 0.6) is 0 Å². The van der Waals surface area contributed by atoms with Crippen molar-refractivity contribution < 1.29 is 13.2 Å². The van der Waals surface area contributed by atoms with E-state index in [0.29, 0.717) is 44.8 Å². The van der Waals surface area contributed by atoms with Gasteiger partial charge in [-0.15, -0.1) is 0 Å². The molecular weight excluding hydrogens is 290 g/mol. The van der Waals surface area contributed by atoms with E-state index < -0.39 is 10.0 Å². The fourth-order valence-corrected chi connectivity index (χ4v) is 3.70. The van der Waals surface area contributed by atoms with Gasteiger partial charge >= 0.3 is 0 Å². The minimum Gasteiger partial charge on any atom is -0.353 e. The van der Waals surface area contributed by atoms with Crippen molar-refractivity contribution in [2.45, 2.75) is 52.0 Å². The Labute approximate surface area is 128 Å². The fraction of sp³-hybridized carbons (Fsp3) is 0.929.